The van der Waals surface area contributed by atoms with E-state index in [-0.39, 0.29) is 34.4 Å². The molecule has 0 unspecified atom stereocenters. The van der Waals surface area contributed by atoms with Gasteiger partial charge in [-0.3, -0.25) is 0 Å². The molecule has 0 bridgehead atoms. The Labute approximate surface area is 182 Å². The lowest BCUT2D eigenvalue weighted by Crippen LogP contribution is -2.26. The zero-order valence-corrected chi connectivity index (χ0v) is 18.4. The van der Waals surface area contributed by atoms with Gasteiger partial charge in [0.15, 0.2) is 0 Å². The van der Waals surface area contributed by atoms with Gasteiger partial charge in [0.2, 0.25) is 10.0 Å². The summed E-state index contributed by atoms with van der Waals surface area (Å²) in [6.07, 6.45) is -4.56. The second-order valence-electron chi connectivity index (χ2n) is 6.88. The Morgan fingerprint density at radius 2 is 1.87 bits per heavy atom. The molecule has 31 heavy (non-hydrogen) atoms. The van der Waals surface area contributed by atoms with Crippen molar-refractivity contribution >= 4 is 32.5 Å². The summed E-state index contributed by atoms with van der Waals surface area (Å²) in [5.41, 5.74) is 2.69. The van der Waals surface area contributed by atoms with Gasteiger partial charge in [-0.1, -0.05) is 11.6 Å². The van der Waals surface area contributed by atoms with Gasteiger partial charge in [0, 0.05) is 28.2 Å². The predicted octanol–water partition coefficient (Wildman–Crippen LogP) is 4.87. The summed E-state index contributed by atoms with van der Waals surface area (Å²) in [5, 5.41) is 0.806. The molecule has 0 aliphatic carbocycles. The van der Waals surface area contributed by atoms with Gasteiger partial charge >= 0.3 is 6.36 Å². The third kappa shape index (κ3) is 5.25. The average Bonchev–Trinajstić information content (AvgIpc) is 2.97. The van der Waals surface area contributed by atoms with E-state index in [0.717, 1.165) is 0 Å². The fraction of sp³-hybridized carbons (Fsp3) is 0.300. The number of benzene rings is 2. The summed E-state index contributed by atoms with van der Waals surface area (Å²) in [5.74, 6) is -0.188. The minimum absolute atomic E-state index is 0.00906. The van der Waals surface area contributed by atoms with Crippen molar-refractivity contribution in [3.05, 3.63) is 52.2 Å². The summed E-state index contributed by atoms with van der Waals surface area (Å²) < 4.78 is 74.7. The predicted molar refractivity (Wildman–Crippen MR) is 111 cm³/mol. The standard InChI is InChI=1S/C20H20ClF3N2O4S/c1-11-8-18(29-3)19(10-16(11)21)31(27,28)25-7-6-14-12(2)26-17-5-4-13(9-15(14)17)30-20(22,23)24/h4-5,8-10,25-26H,6-7H2,1-3H3. The van der Waals surface area contributed by atoms with E-state index in [1.165, 1.54) is 37.4 Å². The number of aryl methyl sites for hydroxylation is 2. The molecule has 0 fully saturated rings. The summed E-state index contributed by atoms with van der Waals surface area (Å²) in [4.78, 5) is 2.98. The molecular weight excluding hydrogens is 457 g/mol. The number of H-pyrrole nitrogens is 1. The molecule has 2 aromatic carbocycles. The highest BCUT2D eigenvalue weighted by atomic mass is 35.5. The molecule has 0 amide bonds. The molecular formula is C20H20ClF3N2O4S. The van der Waals surface area contributed by atoms with Crippen LogP contribution in [0.4, 0.5) is 13.2 Å². The highest BCUT2D eigenvalue weighted by Crippen LogP contribution is 2.31. The number of aromatic amines is 1. The molecule has 11 heteroatoms. The molecule has 0 aliphatic rings. The molecule has 0 spiro atoms. The molecule has 1 aromatic heterocycles. The Balaban J connectivity index is 1.82. The number of hydrogen-bond donors (Lipinski definition) is 2. The average molecular weight is 477 g/mol. The van der Waals surface area contributed by atoms with Gasteiger partial charge in [-0.05, 0) is 61.7 Å². The van der Waals surface area contributed by atoms with Gasteiger partial charge in [-0.2, -0.15) is 0 Å². The van der Waals surface area contributed by atoms with Crippen LogP contribution in [-0.2, 0) is 16.4 Å². The van der Waals surface area contributed by atoms with Crippen LogP contribution >= 0.6 is 11.6 Å². The number of hydrogen-bond acceptors (Lipinski definition) is 4. The number of ether oxygens (including phenoxy) is 2. The van der Waals surface area contributed by atoms with Crippen molar-refractivity contribution in [2.75, 3.05) is 13.7 Å². The van der Waals surface area contributed by atoms with Crippen LogP contribution in [0, 0.1) is 13.8 Å². The van der Waals surface area contributed by atoms with Crippen molar-refractivity contribution in [1.29, 1.82) is 0 Å². The lowest BCUT2D eigenvalue weighted by Gasteiger charge is -2.13. The maximum absolute atomic E-state index is 12.8. The monoisotopic (exact) mass is 476 g/mol. The summed E-state index contributed by atoms with van der Waals surface area (Å²) in [6, 6.07) is 6.82. The van der Waals surface area contributed by atoms with E-state index in [1.54, 1.807) is 13.8 Å². The first-order valence-corrected chi connectivity index (χ1v) is 11.0. The minimum Gasteiger partial charge on any atom is -0.495 e. The SMILES string of the molecule is COc1cc(C)c(Cl)cc1S(=O)(=O)NCCc1c(C)[nH]c2ccc(OC(F)(F)F)cc12. The third-order valence-electron chi connectivity index (χ3n) is 4.73. The lowest BCUT2D eigenvalue weighted by molar-refractivity contribution is -0.274. The zero-order chi connectivity index (χ0) is 23.0. The van der Waals surface area contributed by atoms with E-state index < -0.39 is 16.4 Å². The second kappa shape index (κ2) is 8.60. The van der Waals surface area contributed by atoms with Crippen LogP contribution < -0.4 is 14.2 Å². The van der Waals surface area contributed by atoms with Gasteiger partial charge in [-0.15, -0.1) is 13.2 Å². The third-order valence-corrected chi connectivity index (χ3v) is 6.62. The van der Waals surface area contributed by atoms with Gasteiger partial charge in [-0.25, -0.2) is 13.1 Å². The molecule has 0 aliphatic heterocycles. The number of sulfonamides is 1. The van der Waals surface area contributed by atoms with Crippen molar-refractivity contribution in [3.8, 4) is 11.5 Å². The molecule has 0 saturated heterocycles. The number of methoxy groups -OCH3 is 1. The van der Waals surface area contributed by atoms with Crippen LogP contribution in [0.5, 0.6) is 11.5 Å². The first-order valence-electron chi connectivity index (χ1n) is 9.12. The molecule has 2 N–H and O–H groups in total. The van der Waals surface area contributed by atoms with Crippen LogP contribution in [-0.4, -0.2) is 33.4 Å². The second-order valence-corrected chi connectivity index (χ2v) is 9.03. The quantitative estimate of drug-likeness (QED) is 0.510. The molecule has 0 saturated carbocycles. The summed E-state index contributed by atoms with van der Waals surface area (Å²) in [7, 11) is -2.58. The molecule has 1 heterocycles. The van der Waals surface area contributed by atoms with Gasteiger partial charge in [0.25, 0.3) is 0 Å². The topological polar surface area (TPSA) is 80.4 Å². The highest BCUT2D eigenvalue weighted by Gasteiger charge is 2.31. The Kier molecular flexibility index (Phi) is 6.45. The number of rotatable bonds is 7. The number of nitrogens with one attached hydrogen (secondary N) is 2. The number of halogens is 4. The Morgan fingerprint density at radius 1 is 1.16 bits per heavy atom. The van der Waals surface area contributed by atoms with Crippen LogP contribution in [0.25, 0.3) is 10.9 Å². The normalized spacial score (nSPS) is 12.4. The Hall–Kier alpha value is -2.43. The van der Waals surface area contributed by atoms with Crippen LogP contribution in [0.3, 0.4) is 0 Å². The van der Waals surface area contributed by atoms with E-state index in [0.29, 0.717) is 27.7 Å². The fourth-order valence-electron chi connectivity index (χ4n) is 3.28. The number of fused-ring (bicyclic) bond motifs is 1. The number of aromatic nitrogens is 1. The smallest absolute Gasteiger partial charge is 0.495 e. The maximum Gasteiger partial charge on any atom is 0.573 e. The van der Waals surface area contributed by atoms with Crippen molar-refractivity contribution in [2.45, 2.75) is 31.5 Å². The molecule has 168 valence electrons. The van der Waals surface area contributed by atoms with Crippen molar-refractivity contribution in [1.82, 2.24) is 9.71 Å². The van der Waals surface area contributed by atoms with Crippen LogP contribution in [0.15, 0.2) is 35.2 Å². The van der Waals surface area contributed by atoms with Crippen LogP contribution in [0.2, 0.25) is 5.02 Å². The van der Waals surface area contributed by atoms with Gasteiger partial charge in [0.05, 0.1) is 7.11 Å². The highest BCUT2D eigenvalue weighted by molar-refractivity contribution is 7.89. The molecule has 3 rings (SSSR count). The summed E-state index contributed by atoms with van der Waals surface area (Å²) in [6.45, 7) is 3.50. The minimum atomic E-state index is -4.80. The Morgan fingerprint density at radius 3 is 2.52 bits per heavy atom. The van der Waals surface area contributed by atoms with E-state index >= 15 is 0 Å². The van der Waals surface area contributed by atoms with E-state index in [9.17, 15) is 21.6 Å². The van der Waals surface area contributed by atoms with Crippen molar-refractivity contribution in [2.24, 2.45) is 0 Å². The largest absolute Gasteiger partial charge is 0.573 e. The van der Waals surface area contributed by atoms with Gasteiger partial charge in [0.1, 0.15) is 16.4 Å². The summed E-state index contributed by atoms with van der Waals surface area (Å²) >= 11 is 6.07. The van der Waals surface area contributed by atoms with E-state index in [1.807, 2.05) is 0 Å². The first-order chi connectivity index (χ1) is 14.4. The van der Waals surface area contributed by atoms with E-state index in [4.69, 9.17) is 16.3 Å². The fourth-order valence-corrected chi connectivity index (χ4v) is 4.71. The van der Waals surface area contributed by atoms with Crippen LogP contribution in [0.1, 0.15) is 16.8 Å². The Bertz CT molecular complexity index is 1220. The van der Waals surface area contributed by atoms with Gasteiger partial charge < -0.3 is 14.5 Å². The van der Waals surface area contributed by atoms with Crippen molar-refractivity contribution in [3.63, 3.8) is 0 Å². The molecule has 0 radical (unpaired) electrons. The van der Waals surface area contributed by atoms with E-state index in [2.05, 4.69) is 14.4 Å². The number of alkyl halides is 3. The maximum atomic E-state index is 12.8. The molecule has 3 aromatic rings. The molecule has 0 atom stereocenters. The zero-order valence-electron chi connectivity index (χ0n) is 16.9. The lowest BCUT2D eigenvalue weighted by atomic mass is 10.1. The van der Waals surface area contributed by atoms with Crippen molar-refractivity contribution < 1.29 is 31.1 Å². The molecule has 6 nitrogen and oxygen atoms in total. The first kappa shape index (κ1) is 23.2.